The topological polar surface area (TPSA) is 26.3 Å². The number of hydrogen-bond acceptors (Lipinski definition) is 2. The molecule has 0 aliphatic heterocycles. The molecule has 1 atom stereocenters. The van der Waals surface area contributed by atoms with Gasteiger partial charge in [-0.15, -0.1) is 0 Å². The van der Waals surface area contributed by atoms with E-state index in [0.717, 1.165) is 5.76 Å². The van der Waals surface area contributed by atoms with Crippen LogP contribution in [0.3, 0.4) is 0 Å². The van der Waals surface area contributed by atoms with Crippen molar-refractivity contribution >= 4 is 14.1 Å². The lowest BCUT2D eigenvalue weighted by molar-refractivity contribution is -0.120. The van der Waals surface area contributed by atoms with Crippen molar-refractivity contribution in [3.05, 3.63) is 12.3 Å². The van der Waals surface area contributed by atoms with Crippen LogP contribution in [-0.2, 0) is 9.22 Å². The van der Waals surface area contributed by atoms with E-state index in [4.69, 9.17) is 4.43 Å². The van der Waals surface area contributed by atoms with Crippen LogP contribution in [0.1, 0.15) is 20.3 Å². The normalized spacial score (nSPS) is 13.6. The first-order chi connectivity index (χ1) is 5.72. The van der Waals surface area contributed by atoms with Gasteiger partial charge in [-0.1, -0.05) is 13.5 Å². The Morgan fingerprint density at radius 1 is 1.46 bits per heavy atom. The zero-order valence-electron chi connectivity index (χ0n) is 9.31. The summed E-state index contributed by atoms with van der Waals surface area (Å²) in [6.45, 7) is 13.7. The van der Waals surface area contributed by atoms with Gasteiger partial charge in [0.05, 0.1) is 5.76 Å². The second-order valence-corrected chi connectivity index (χ2v) is 8.90. The summed E-state index contributed by atoms with van der Waals surface area (Å²) in [6.07, 6.45) is 0.652. The molecule has 0 N–H and O–H groups in total. The van der Waals surface area contributed by atoms with E-state index >= 15 is 0 Å². The zero-order valence-corrected chi connectivity index (χ0v) is 10.3. The molecule has 0 rings (SSSR count). The van der Waals surface area contributed by atoms with Gasteiger partial charge in [-0.05, 0) is 26.6 Å². The van der Waals surface area contributed by atoms with Crippen LogP contribution in [0, 0.1) is 5.92 Å². The lowest BCUT2D eigenvalue weighted by Crippen LogP contribution is -2.25. The van der Waals surface area contributed by atoms with Crippen LogP contribution < -0.4 is 0 Å². The number of Topliss-reactive ketones (excluding diaryl/α,β-unsaturated/α-hetero) is 1. The largest absolute Gasteiger partial charge is 0.548 e. The van der Waals surface area contributed by atoms with Gasteiger partial charge in [0.2, 0.25) is 8.32 Å². The second kappa shape index (κ2) is 4.60. The van der Waals surface area contributed by atoms with Gasteiger partial charge in [0, 0.05) is 12.3 Å². The van der Waals surface area contributed by atoms with Crippen LogP contribution in [0.5, 0.6) is 0 Å². The van der Waals surface area contributed by atoms with Gasteiger partial charge in [-0.2, -0.15) is 0 Å². The van der Waals surface area contributed by atoms with E-state index in [-0.39, 0.29) is 11.7 Å². The van der Waals surface area contributed by atoms with E-state index in [9.17, 15) is 4.79 Å². The molecule has 0 aromatic heterocycles. The molecule has 0 aliphatic rings. The third kappa shape index (κ3) is 6.58. The van der Waals surface area contributed by atoms with E-state index in [1.165, 1.54) is 0 Å². The molecule has 0 unspecified atom stereocenters. The maximum atomic E-state index is 11.0. The Morgan fingerprint density at radius 2 is 1.92 bits per heavy atom. The monoisotopic (exact) mass is 200 g/mol. The maximum absolute atomic E-state index is 11.0. The van der Waals surface area contributed by atoms with Crippen molar-refractivity contribution in [2.24, 2.45) is 5.92 Å². The highest BCUT2D eigenvalue weighted by atomic mass is 28.4. The average Bonchev–Trinajstić information content (AvgIpc) is 1.81. The molecule has 0 aliphatic carbocycles. The molecule has 0 heterocycles. The molecule has 0 fully saturated rings. The summed E-state index contributed by atoms with van der Waals surface area (Å²) >= 11 is 0. The highest BCUT2D eigenvalue weighted by Crippen LogP contribution is 2.16. The third-order valence-electron chi connectivity index (χ3n) is 1.68. The SMILES string of the molecule is C=C(C[C@H](C)C(C)=O)O[Si](C)(C)C. The summed E-state index contributed by atoms with van der Waals surface area (Å²) < 4.78 is 5.65. The molecule has 0 amide bonds. The Hall–Kier alpha value is -0.573. The molecule has 3 heteroatoms. The van der Waals surface area contributed by atoms with Gasteiger partial charge < -0.3 is 4.43 Å². The van der Waals surface area contributed by atoms with E-state index < -0.39 is 8.32 Å². The van der Waals surface area contributed by atoms with Crippen molar-refractivity contribution in [3.8, 4) is 0 Å². The number of carbonyl (C=O) groups is 1. The highest BCUT2D eigenvalue weighted by Gasteiger charge is 2.18. The van der Waals surface area contributed by atoms with Crippen LogP contribution in [0.15, 0.2) is 12.3 Å². The number of ketones is 1. The minimum atomic E-state index is -1.53. The van der Waals surface area contributed by atoms with E-state index in [1.807, 2.05) is 6.92 Å². The Kier molecular flexibility index (Phi) is 4.40. The van der Waals surface area contributed by atoms with Crippen molar-refractivity contribution in [1.82, 2.24) is 0 Å². The number of rotatable bonds is 5. The standard InChI is InChI=1S/C10H20O2Si/c1-8(10(3)11)7-9(2)12-13(4,5)6/h8H,2,7H2,1,3-6H3/t8-/m0/s1. The predicted octanol–water partition coefficient (Wildman–Crippen LogP) is 2.97. The fraction of sp³-hybridized carbons (Fsp3) is 0.700. The Bertz CT molecular complexity index is 203. The van der Waals surface area contributed by atoms with Crippen molar-refractivity contribution in [3.63, 3.8) is 0 Å². The first-order valence-electron chi connectivity index (χ1n) is 4.59. The summed E-state index contributed by atoms with van der Waals surface area (Å²) in [4.78, 5) is 11.0. The summed E-state index contributed by atoms with van der Waals surface area (Å²) in [6, 6.07) is 0. The maximum Gasteiger partial charge on any atom is 0.241 e. The molecule has 0 aromatic rings. The number of carbonyl (C=O) groups excluding carboxylic acids is 1. The molecule has 0 radical (unpaired) electrons. The number of allylic oxidation sites excluding steroid dienone is 1. The molecule has 0 aromatic carbocycles. The molecular formula is C10H20O2Si. The molecule has 2 nitrogen and oxygen atoms in total. The molecule has 0 bridgehead atoms. The lowest BCUT2D eigenvalue weighted by Gasteiger charge is -2.22. The molecule has 0 saturated carbocycles. The van der Waals surface area contributed by atoms with Gasteiger partial charge in [-0.25, -0.2) is 0 Å². The van der Waals surface area contributed by atoms with E-state index in [1.54, 1.807) is 6.92 Å². The molecule has 13 heavy (non-hydrogen) atoms. The average molecular weight is 200 g/mol. The third-order valence-corrected chi connectivity index (χ3v) is 2.58. The van der Waals surface area contributed by atoms with Crippen molar-refractivity contribution in [1.29, 1.82) is 0 Å². The van der Waals surface area contributed by atoms with Crippen LogP contribution in [-0.4, -0.2) is 14.1 Å². The van der Waals surface area contributed by atoms with Gasteiger partial charge >= 0.3 is 0 Å². The quantitative estimate of drug-likeness (QED) is 0.504. The summed E-state index contributed by atoms with van der Waals surface area (Å²) in [7, 11) is -1.53. The molecular weight excluding hydrogens is 180 g/mol. The first kappa shape index (κ1) is 12.4. The zero-order chi connectivity index (χ0) is 10.6. The summed E-state index contributed by atoms with van der Waals surface area (Å²) in [5.74, 6) is 0.978. The minimum absolute atomic E-state index is 0.0313. The second-order valence-electron chi connectivity index (χ2n) is 4.47. The Balaban J connectivity index is 3.96. The Morgan fingerprint density at radius 3 is 2.23 bits per heavy atom. The van der Waals surface area contributed by atoms with Gasteiger partial charge in [0.25, 0.3) is 0 Å². The van der Waals surface area contributed by atoms with Gasteiger partial charge in [0.15, 0.2) is 0 Å². The van der Waals surface area contributed by atoms with Crippen LogP contribution in [0.25, 0.3) is 0 Å². The van der Waals surface area contributed by atoms with Crippen molar-refractivity contribution in [2.75, 3.05) is 0 Å². The van der Waals surface area contributed by atoms with Crippen molar-refractivity contribution in [2.45, 2.75) is 39.9 Å². The fourth-order valence-electron chi connectivity index (χ4n) is 0.960. The number of hydrogen-bond donors (Lipinski definition) is 0. The molecule has 0 spiro atoms. The predicted molar refractivity (Wildman–Crippen MR) is 58.0 cm³/mol. The van der Waals surface area contributed by atoms with Crippen molar-refractivity contribution < 1.29 is 9.22 Å². The summed E-state index contributed by atoms with van der Waals surface area (Å²) in [5, 5.41) is 0. The summed E-state index contributed by atoms with van der Waals surface area (Å²) in [5.41, 5.74) is 0. The smallest absolute Gasteiger partial charge is 0.241 e. The lowest BCUT2D eigenvalue weighted by atomic mass is 10.0. The van der Waals surface area contributed by atoms with Gasteiger partial charge in [-0.3, -0.25) is 4.79 Å². The fourth-order valence-corrected chi connectivity index (χ4v) is 1.91. The minimum Gasteiger partial charge on any atom is -0.548 e. The molecule has 76 valence electrons. The molecule has 0 saturated heterocycles. The highest BCUT2D eigenvalue weighted by molar-refractivity contribution is 6.70. The Labute approximate surface area is 82.1 Å². The van der Waals surface area contributed by atoms with E-state index in [0.29, 0.717) is 6.42 Å². The van der Waals surface area contributed by atoms with E-state index in [2.05, 4.69) is 26.2 Å². The first-order valence-corrected chi connectivity index (χ1v) is 8.00. The van der Waals surface area contributed by atoms with Gasteiger partial charge in [0.1, 0.15) is 5.78 Å². The van der Waals surface area contributed by atoms with Crippen LogP contribution in [0.2, 0.25) is 19.6 Å². The van der Waals surface area contributed by atoms with Crippen LogP contribution in [0.4, 0.5) is 0 Å². The van der Waals surface area contributed by atoms with Crippen LogP contribution >= 0.6 is 0 Å².